The second-order valence-electron chi connectivity index (χ2n) is 3.99. The molecule has 0 bridgehead atoms. The Balaban J connectivity index is 2.08. The van der Waals surface area contributed by atoms with Crippen LogP contribution in [0.3, 0.4) is 0 Å². The topological polar surface area (TPSA) is 33.6 Å². The van der Waals surface area contributed by atoms with Crippen LogP contribution < -0.4 is 0 Å². The lowest BCUT2D eigenvalue weighted by molar-refractivity contribution is 0.764. The van der Waals surface area contributed by atoms with Crippen molar-refractivity contribution in [2.24, 2.45) is 7.05 Å². The molecule has 1 aromatic carbocycles. The fraction of sp³-hybridized carbons (Fsp3) is 0.333. The van der Waals surface area contributed by atoms with E-state index in [-0.39, 0.29) is 0 Å². The zero-order chi connectivity index (χ0) is 11.5. The quantitative estimate of drug-likeness (QED) is 0.827. The highest BCUT2D eigenvalue weighted by Crippen LogP contribution is 2.07. The molecule has 0 aliphatic carbocycles. The fourth-order valence-electron chi connectivity index (χ4n) is 1.73. The molecule has 84 valence electrons. The van der Waals surface area contributed by atoms with E-state index in [1.807, 2.05) is 11.6 Å². The van der Waals surface area contributed by atoms with E-state index in [0.717, 1.165) is 18.7 Å². The summed E-state index contributed by atoms with van der Waals surface area (Å²) in [5.41, 5.74) is 2.64. The van der Waals surface area contributed by atoms with Gasteiger partial charge in [-0.25, -0.2) is 0 Å². The molecule has 0 aliphatic rings. The number of aryl methyl sites for hydroxylation is 3. The van der Waals surface area contributed by atoms with Crippen LogP contribution in [0.1, 0.15) is 17.0 Å². The molecule has 1 N–H and O–H groups in total. The van der Waals surface area contributed by atoms with Gasteiger partial charge in [0.15, 0.2) is 4.77 Å². The van der Waals surface area contributed by atoms with Crippen molar-refractivity contribution < 1.29 is 0 Å². The Morgan fingerprint density at radius 1 is 1.38 bits per heavy atom. The third-order valence-electron chi connectivity index (χ3n) is 2.69. The first-order valence-electron chi connectivity index (χ1n) is 5.32. The van der Waals surface area contributed by atoms with Gasteiger partial charge in [0.2, 0.25) is 0 Å². The van der Waals surface area contributed by atoms with Crippen LogP contribution in [-0.2, 0) is 19.9 Å². The molecule has 1 heterocycles. The Bertz CT molecular complexity index is 539. The SMILES string of the molecule is Cc1cccc(CCc2n[nH]c(=S)n2C)c1. The van der Waals surface area contributed by atoms with Crippen LogP contribution in [0.4, 0.5) is 0 Å². The minimum absolute atomic E-state index is 0.680. The molecule has 3 nitrogen and oxygen atoms in total. The van der Waals surface area contributed by atoms with E-state index in [2.05, 4.69) is 41.4 Å². The standard InChI is InChI=1S/C12H15N3S/c1-9-4-3-5-10(8-9)6-7-11-13-14-12(16)15(11)2/h3-5,8H,6-7H2,1-2H3,(H,14,16). The maximum Gasteiger partial charge on any atom is 0.194 e. The minimum Gasteiger partial charge on any atom is -0.307 e. The average Bonchev–Trinajstić information content (AvgIpc) is 2.57. The van der Waals surface area contributed by atoms with Gasteiger partial charge < -0.3 is 4.57 Å². The summed E-state index contributed by atoms with van der Waals surface area (Å²) in [5, 5.41) is 7.00. The molecule has 0 aliphatic heterocycles. The third kappa shape index (κ3) is 2.39. The van der Waals surface area contributed by atoms with E-state index in [4.69, 9.17) is 12.2 Å². The van der Waals surface area contributed by atoms with E-state index < -0.39 is 0 Å². The molecule has 2 rings (SSSR count). The molecule has 4 heteroatoms. The van der Waals surface area contributed by atoms with Crippen molar-refractivity contribution in [1.29, 1.82) is 0 Å². The van der Waals surface area contributed by atoms with E-state index >= 15 is 0 Å². The summed E-state index contributed by atoms with van der Waals surface area (Å²) in [7, 11) is 1.94. The number of nitrogens with one attached hydrogen (secondary N) is 1. The molecule has 16 heavy (non-hydrogen) atoms. The minimum atomic E-state index is 0.680. The van der Waals surface area contributed by atoms with Crippen LogP contribution in [-0.4, -0.2) is 14.8 Å². The van der Waals surface area contributed by atoms with Gasteiger partial charge in [0.1, 0.15) is 5.82 Å². The number of benzene rings is 1. The summed E-state index contributed by atoms with van der Waals surface area (Å²) in [5.74, 6) is 1.01. The Hall–Kier alpha value is -1.42. The van der Waals surface area contributed by atoms with Crippen molar-refractivity contribution in [3.8, 4) is 0 Å². The average molecular weight is 233 g/mol. The van der Waals surface area contributed by atoms with Crippen molar-refractivity contribution in [3.05, 3.63) is 46.0 Å². The molecule has 0 saturated carbocycles. The molecule has 0 atom stereocenters. The van der Waals surface area contributed by atoms with Gasteiger partial charge in [-0.1, -0.05) is 29.8 Å². The van der Waals surface area contributed by atoms with Crippen molar-refractivity contribution >= 4 is 12.2 Å². The molecule has 2 aromatic rings. The maximum absolute atomic E-state index is 5.07. The Morgan fingerprint density at radius 3 is 2.81 bits per heavy atom. The van der Waals surface area contributed by atoms with Crippen molar-refractivity contribution in [1.82, 2.24) is 14.8 Å². The van der Waals surface area contributed by atoms with Gasteiger partial charge in [0.05, 0.1) is 0 Å². The fourth-order valence-corrected chi connectivity index (χ4v) is 1.88. The largest absolute Gasteiger partial charge is 0.307 e. The van der Waals surface area contributed by atoms with Gasteiger partial charge in [0, 0.05) is 13.5 Å². The summed E-state index contributed by atoms with van der Waals surface area (Å²) in [6, 6.07) is 8.56. The number of aromatic amines is 1. The summed E-state index contributed by atoms with van der Waals surface area (Å²) in [4.78, 5) is 0. The molecule has 0 amide bonds. The molecule has 0 saturated heterocycles. The van der Waals surface area contributed by atoms with Crippen LogP contribution in [0, 0.1) is 11.7 Å². The van der Waals surface area contributed by atoms with Crippen LogP contribution in [0.5, 0.6) is 0 Å². The summed E-state index contributed by atoms with van der Waals surface area (Å²) in [6.45, 7) is 2.11. The first-order chi connectivity index (χ1) is 7.66. The third-order valence-corrected chi connectivity index (χ3v) is 3.06. The number of hydrogen-bond acceptors (Lipinski definition) is 2. The predicted molar refractivity (Wildman–Crippen MR) is 67.0 cm³/mol. The van der Waals surface area contributed by atoms with Gasteiger partial charge in [-0.3, -0.25) is 5.10 Å². The maximum atomic E-state index is 5.07. The van der Waals surface area contributed by atoms with Crippen molar-refractivity contribution in [3.63, 3.8) is 0 Å². The molecule has 0 radical (unpaired) electrons. The van der Waals surface area contributed by atoms with Gasteiger partial charge in [-0.05, 0) is 31.1 Å². The van der Waals surface area contributed by atoms with Gasteiger partial charge >= 0.3 is 0 Å². The van der Waals surface area contributed by atoms with Gasteiger partial charge in [-0.15, -0.1) is 0 Å². The van der Waals surface area contributed by atoms with Crippen LogP contribution in [0.25, 0.3) is 0 Å². The molecular weight excluding hydrogens is 218 g/mol. The Morgan fingerprint density at radius 2 is 2.19 bits per heavy atom. The van der Waals surface area contributed by atoms with Gasteiger partial charge in [0.25, 0.3) is 0 Å². The second kappa shape index (κ2) is 4.61. The highest BCUT2D eigenvalue weighted by atomic mass is 32.1. The zero-order valence-corrected chi connectivity index (χ0v) is 10.3. The number of rotatable bonds is 3. The number of aromatic nitrogens is 3. The number of nitrogens with zero attached hydrogens (tertiary/aromatic N) is 2. The molecule has 1 aromatic heterocycles. The lowest BCUT2D eigenvalue weighted by atomic mass is 10.1. The summed E-state index contributed by atoms with van der Waals surface area (Å²) in [6.07, 6.45) is 1.90. The molecule has 0 spiro atoms. The van der Waals surface area contributed by atoms with E-state index in [1.165, 1.54) is 11.1 Å². The zero-order valence-electron chi connectivity index (χ0n) is 9.53. The molecule has 0 unspecified atom stereocenters. The predicted octanol–water partition coefficient (Wildman–Crippen LogP) is 2.57. The van der Waals surface area contributed by atoms with E-state index in [1.54, 1.807) is 0 Å². The monoisotopic (exact) mass is 233 g/mol. The van der Waals surface area contributed by atoms with Crippen LogP contribution in [0.2, 0.25) is 0 Å². The number of H-pyrrole nitrogens is 1. The Kier molecular flexibility index (Phi) is 3.19. The second-order valence-corrected chi connectivity index (χ2v) is 4.38. The first-order valence-corrected chi connectivity index (χ1v) is 5.73. The highest BCUT2D eigenvalue weighted by Gasteiger charge is 2.02. The summed E-state index contributed by atoms with van der Waals surface area (Å²) < 4.78 is 2.60. The van der Waals surface area contributed by atoms with E-state index in [9.17, 15) is 0 Å². The first kappa shape index (κ1) is 11.1. The van der Waals surface area contributed by atoms with E-state index in [0.29, 0.717) is 4.77 Å². The summed E-state index contributed by atoms with van der Waals surface area (Å²) >= 11 is 5.07. The lowest BCUT2D eigenvalue weighted by Crippen LogP contribution is -2.00. The number of hydrogen-bond donors (Lipinski definition) is 1. The van der Waals surface area contributed by atoms with Gasteiger partial charge in [-0.2, -0.15) is 5.10 Å². The van der Waals surface area contributed by atoms with Crippen LogP contribution in [0.15, 0.2) is 24.3 Å². The van der Waals surface area contributed by atoms with Crippen molar-refractivity contribution in [2.45, 2.75) is 19.8 Å². The van der Waals surface area contributed by atoms with Crippen LogP contribution >= 0.6 is 12.2 Å². The lowest BCUT2D eigenvalue weighted by Gasteiger charge is -2.02. The smallest absolute Gasteiger partial charge is 0.194 e. The Labute approximate surface area is 100 Å². The highest BCUT2D eigenvalue weighted by molar-refractivity contribution is 7.71. The normalized spacial score (nSPS) is 10.6. The molecular formula is C12H15N3S. The van der Waals surface area contributed by atoms with Crippen molar-refractivity contribution in [2.75, 3.05) is 0 Å². The molecule has 0 fully saturated rings.